The van der Waals surface area contributed by atoms with E-state index in [1.807, 2.05) is 49.1 Å². The maximum Gasteiger partial charge on any atom is 0.274 e. The number of hydrogen-bond donors (Lipinski definition) is 2. The van der Waals surface area contributed by atoms with Crippen LogP contribution < -0.4 is 5.32 Å². The Balaban J connectivity index is 1.37. The molecule has 2 heterocycles. The van der Waals surface area contributed by atoms with E-state index in [4.69, 9.17) is 0 Å². The summed E-state index contributed by atoms with van der Waals surface area (Å²) < 4.78 is 0. The third-order valence-corrected chi connectivity index (χ3v) is 7.50. The number of carbonyl (C=O) groups excluding carboxylic acids is 2. The van der Waals surface area contributed by atoms with E-state index in [0.29, 0.717) is 24.6 Å². The van der Waals surface area contributed by atoms with Gasteiger partial charge in [0.2, 0.25) is 5.91 Å². The zero-order valence-electron chi connectivity index (χ0n) is 20.1. The number of fused-ring (bicyclic) bond motifs is 1. The van der Waals surface area contributed by atoms with Gasteiger partial charge in [-0.25, -0.2) is 4.98 Å². The van der Waals surface area contributed by atoms with Crippen molar-refractivity contribution in [3.05, 3.63) is 71.0 Å². The first-order valence-corrected chi connectivity index (χ1v) is 13.1. The number of nitrogens with zero attached hydrogens (tertiary/aromatic N) is 2. The number of thiazole rings is 1. The summed E-state index contributed by atoms with van der Waals surface area (Å²) >= 11 is 1.54. The monoisotopic (exact) mass is 486 g/mol. The summed E-state index contributed by atoms with van der Waals surface area (Å²) in [5.74, 6) is 0.569. The molecule has 0 spiro atoms. The van der Waals surface area contributed by atoms with Crippen LogP contribution in [-0.2, 0) is 11.2 Å². The summed E-state index contributed by atoms with van der Waals surface area (Å²) in [6.45, 7) is 5.21. The maximum absolute atomic E-state index is 13.8. The van der Waals surface area contributed by atoms with Crippen molar-refractivity contribution in [2.45, 2.75) is 39.5 Å². The SMILES string of the molecule is CCC(=O)Nc1ccc(-c2sc(C)nc2C(=O)N(CCc2c[nH]c3ccccc23)CC2CC2)cc1. The predicted octanol–water partition coefficient (Wildman–Crippen LogP) is 6.04. The van der Waals surface area contributed by atoms with Gasteiger partial charge in [0.1, 0.15) is 5.69 Å². The minimum atomic E-state index is -0.0202. The average Bonchev–Trinajstić information content (AvgIpc) is 3.47. The van der Waals surface area contributed by atoms with Crippen molar-refractivity contribution in [3.8, 4) is 10.4 Å². The predicted molar refractivity (Wildman–Crippen MR) is 142 cm³/mol. The number of benzene rings is 2. The van der Waals surface area contributed by atoms with Crippen LogP contribution in [0, 0.1) is 12.8 Å². The molecule has 0 atom stereocenters. The van der Waals surface area contributed by atoms with Crippen LogP contribution in [0.3, 0.4) is 0 Å². The topological polar surface area (TPSA) is 78.1 Å². The smallest absolute Gasteiger partial charge is 0.274 e. The number of anilines is 1. The fraction of sp³-hybridized carbons (Fsp3) is 0.321. The van der Waals surface area contributed by atoms with Crippen LogP contribution in [0.2, 0.25) is 0 Å². The van der Waals surface area contributed by atoms with Gasteiger partial charge >= 0.3 is 0 Å². The lowest BCUT2D eigenvalue weighted by molar-refractivity contribution is -0.115. The van der Waals surface area contributed by atoms with Gasteiger partial charge < -0.3 is 15.2 Å². The molecule has 1 aliphatic carbocycles. The number of para-hydroxylation sites is 1. The maximum atomic E-state index is 13.8. The van der Waals surface area contributed by atoms with E-state index >= 15 is 0 Å². The number of amides is 2. The summed E-state index contributed by atoms with van der Waals surface area (Å²) in [6.07, 6.45) is 5.66. The van der Waals surface area contributed by atoms with E-state index in [0.717, 1.165) is 39.6 Å². The van der Waals surface area contributed by atoms with Crippen molar-refractivity contribution in [1.82, 2.24) is 14.9 Å². The number of aryl methyl sites for hydroxylation is 1. The molecule has 180 valence electrons. The van der Waals surface area contributed by atoms with Crippen LogP contribution in [-0.4, -0.2) is 39.8 Å². The molecule has 7 heteroatoms. The minimum absolute atomic E-state index is 0.000506. The number of H-pyrrole nitrogens is 1. The van der Waals surface area contributed by atoms with Gasteiger partial charge in [-0.1, -0.05) is 37.3 Å². The van der Waals surface area contributed by atoms with Crippen molar-refractivity contribution in [3.63, 3.8) is 0 Å². The molecule has 1 saturated carbocycles. The zero-order chi connectivity index (χ0) is 24.4. The van der Waals surface area contributed by atoms with Crippen molar-refractivity contribution in [2.75, 3.05) is 18.4 Å². The molecule has 4 aromatic rings. The normalized spacial score (nSPS) is 13.2. The first-order chi connectivity index (χ1) is 17.0. The van der Waals surface area contributed by atoms with Gasteiger partial charge in [0.25, 0.3) is 5.91 Å². The van der Waals surface area contributed by atoms with Gasteiger partial charge in [0, 0.05) is 42.3 Å². The van der Waals surface area contributed by atoms with Gasteiger partial charge in [-0.2, -0.15) is 0 Å². The lowest BCUT2D eigenvalue weighted by atomic mass is 10.1. The molecule has 6 nitrogen and oxygen atoms in total. The van der Waals surface area contributed by atoms with Gasteiger partial charge in [0.15, 0.2) is 0 Å². The van der Waals surface area contributed by atoms with Crippen molar-refractivity contribution >= 4 is 39.7 Å². The number of nitrogens with one attached hydrogen (secondary N) is 2. The largest absolute Gasteiger partial charge is 0.361 e. The second-order valence-electron chi connectivity index (χ2n) is 9.19. The molecule has 2 N–H and O–H groups in total. The van der Waals surface area contributed by atoms with Gasteiger partial charge in [-0.05, 0) is 61.4 Å². The van der Waals surface area contributed by atoms with Gasteiger partial charge in [0.05, 0.1) is 9.88 Å². The Labute approximate surface area is 209 Å². The lowest BCUT2D eigenvalue weighted by Gasteiger charge is -2.22. The number of carbonyl (C=O) groups is 2. The van der Waals surface area contributed by atoms with E-state index in [1.165, 1.54) is 35.1 Å². The van der Waals surface area contributed by atoms with Crippen molar-refractivity contribution < 1.29 is 9.59 Å². The second kappa shape index (κ2) is 10.0. The molecule has 0 radical (unpaired) electrons. The molecule has 1 aliphatic rings. The summed E-state index contributed by atoms with van der Waals surface area (Å²) in [5, 5.41) is 4.96. The summed E-state index contributed by atoms with van der Waals surface area (Å²) in [7, 11) is 0. The van der Waals surface area contributed by atoms with Crippen LogP contribution in [0.4, 0.5) is 5.69 Å². The van der Waals surface area contributed by atoms with E-state index in [2.05, 4.69) is 39.7 Å². The second-order valence-corrected chi connectivity index (χ2v) is 10.4. The van der Waals surface area contributed by atoms with E-state index in [-0.39, 0.29) is 11.8 Å². The number of rotatable bonds is 9. The van der Waals surface area contributed by atoms with Crippen LogP contribution in [0.15, 0.2) is 54.7 Å². The van der Waals surface area contributed by atoms with Gasteiger partial charge in [-0.15, -0.1) is 11.3 Å². The van der Waals surface area contributed by atoms with Crippen LogP contribution in [0.5, 0.6) is 0 Å². The van der Waals surface area contributed by atoms with Crippen molar-refractivity contribution in [1.29, 1.82) is 0 Å². The molecule has 0 aliphatic heterocycles. The molecular weight excluding hydrogens is 456 g/mol. The highest BCUT2D eigenvalue weighted by Gasteiger charge is 2.30. The molecule has 35 heavy (non-hydrogen) atoms. The Morgan fingerprint density at radius 1 is 1.14 bits per heavy atom. The minimum Gasteiger partial charge on any atom is -0.361 e. The van der Waals surface area contributed by atoms with Gasteiger partial charge in [-0.3, -0.25) is 9.59 Å². The Hall–Kier alpha value is -3.45. The highest BCUT2D eigenvalue weighted by molar-refractivity contribution is 7.15. The molecular formula is C28H30N4O2S. The highest BCUT2D eigenvalue weighted by Crippen LogP contribution is 2.34. The molecule has 2 aromatic heterocycles. The van der Waals surface area contributed by atoms with Crippen LogP contribution >= 0.6 is 11.3 Å². The Bertz CT molecular complexity index is 1350. The summed E-state index contributed by atoms with van der Waals surface area (Å²) in [6, 6.07) is 15.9. The van der Waals surface area contributed by atoms with E-state index in [1.54, 1.807) is 0 Å². The summed E-state index contributed by atoms with van der Waals surface area (Å²) in [4.78, 5) is 36.4. The lowest BCUT2D eigenvalue weighted by Crippen LogP contribution is -2.35. The molecule has 1 fully saturated rings. The number of hydrogen-bond acceptors (Lipinski definition) is 4. The molecule has 2 amide bonds. The number of aromatic amines is 1. The third kappa shape index (κ3) is 5.30. The molecule has 0 saturated heterocycles. The molecule has 0 unspecified atom stereocenters. The van der Waals surface area contributed by atoms with Crippen molar-refractivity contribution in [2.24, 2.45) is 5.92 Å². The van der Waals surface area contributed by atoms with Crippen LogP contribution in [0.25, 0.3) is 21.3 Å². The standard InChI is InChI=1S/C28H30N4O2S/c1-3-25(33)31-22-12-10-20(11-13-22)27-26(30-18(2)35-27)28(34)32(17-19-8-9-19)15-14-21-16-29-24-7-5-4-6-23(21)24/h4-7,10-13,16,19,29H,3,8-9,14-15,17H2,1-2H3,(H,31,33). The first kappa shape index (κ1) is 23.3. The molecule has 2 aromatic carbocycles. The van der Waals surface area contributed by atoms with Crippen LogP contribution in [0.1, 0.15) is 47.2 Å². The quantitative estimate of drug-likeness (QED) is 0.303. The Kier molecular flexibility index (Phi) is 6.68. The molecule has 0 bridgehead atoms. The highest BCUT2D eigenvalue weighted by atomic mass is 32.1. The Morgan fingerprint density at radius 2 is 1.91 bits per heavy atom. The molecule has 5 rings (SSSR count). The van der Waals surface area contributed by atoms with E-state index < -0.39 is 0 Å². The third-order valence-electron chi connectivity index (χ3n) is 6.48. The number of aromatic nitrogens is 2. The average molecular weight is 487 g/mol. The zero-order valence-corrected chi connectivity index (χ0v) is 21.0. The first-order valence-electron chi connectivity index (χ1n) is 12.2. The van der Waals surface area contributed by atoms with E-state index in [9.17, 15) is 9.59 Å². The fourth-order valence-corrected chi connectivity index (χ4v) is 5.27. The summed E-state index contributed by atoms with van der Waals surface area (Å²) in [5.41, 5.74) is 4.57. The fourth-order valence-electron chi connectivity index (χ4n) is 4.35. The Morgan fingerprint density at radius 3 is 2.66 bits per heavy atom.